The van der Waals surface area contributed by atoms with Gasteiger partial charge in [0.2, 0.25) is 5.95 Å². The van der Waals surface area contributed by atoms with Gasteiger partial charge in [0.05, 0.1) is 6.20 Å². The summed E-state index contributed by atoms with van der Waals surface area (Å²) in [6, 6.07) is 3.00. The minimum absolute atomic E-state index is 0.304. The Balaban J connectivity index is 1.84. The monoisotopic (exact) mass is 206 g/mol. The van der Waals surface area contributed by atoms with E-state index in [-0.39, 0.29) is 5.82 Å². The summed E-state index contributed by atoms with van der Waals surface area (Å²) >= 11 is 0. The van der Waals surface area contributed by atoms with Gasteiger partial charge >= 0.3 is 0 Å². The molecule has 0 saturated heterocycles. The standard InChI is InChI=1S/C10H11FN4/c11-8-3-4-9-13-10(14-15(9)6-8)12-5-7-1-2-7/h3-4,6-7H,1-2,5H2,(H,12,14). The number of anilines is 1. The molecule has 0 radical (unpaired) electrons. The minimum atomic E-state index is -0.304. The highest BCUT2D eigenvalue weighted by Gasteiger charge is 2.21. The molecule has 2 aromatic rings. The van der Waals surface area contributed by atoms with E-state index in [4.69, 9.17) is 0 Å². The molecule has 0 amide bonds. The van der Waals surface area contributed by atoms with Crippen molar-refractivity contribution in [2.75, 3.05) is 11.9 Å². The van der Waals surface area contributed by atoms with Crippen molar-refractivity contribution in [2.45, 2.75) is 12.8 Å². The molecule has 1 fully saturated rings. The third kappa shape index (κ3) is 1.77. The Morgan fingerprint density at radius 3 is 3.13 bits per heavy atom. The van der Waals surface area contributed by atoms with Crippen LogP contribution in [-0.4, -0.2) is 21.1 Å². The van der Waals surface area contributed by atoms with Gasteiger partial charge in [0.25, 0.3) is 0 Å². The number of nitrogens with zero attached hydrogens (tertiary/aromatic N) is 3. The van der Waals surface area contributed by atoms with E-state index >= 15 is 0 Å². The number of rotatable bonds is 3. The summed E-state index contributed by atoms with van der Waals surface area (Å²) in [6.07, 6.45) is 3.90. The SMILES string of the molecule is Fc1ccc2nc(NCC3CC3)nn2c1. The van der Waals surface area contributed by atoms with Gasteiger partial charge < -0.3 is 5.32 Å². The second-order valence-corrected chi connectivity index (χ2v) is 3.91. The summed E-state index contributed by atoms with van der Waals surface area (Å²) in [5.41, 5.74) is 0.662. The van der Waals surface area contributed by atoms with Gasteiger partial charge in [-0.15, -0.1) is 5.10 Å². The Morgan fingerprint density at radius 1 is 1.47 bits per heavy atom. The number of halogens is 1. The maximum atomic E-state index is 12.9. The normalized spacial score (nSPS) is 15.8. The lowest BCUT2D eigenvalue weighted by Gasteiger charge is -1.96. The fourth-order valence-corrected chi connectivity index (χ4v) is 1.49. The highest BCUT2D eigenvalue weighted by Crippen LogP contribution is 2.28. The molecule has 0 bridgehead atoms. The Kier molecular flexibility index (Phi) is 1.83. The van der Waals surface area contributed by atoms with Gasteiger partial charge in [-0.1, -0.05) is 0 Å². The maximum absolute atomic E-state index is 12.9. The topological polar surface area (TPSA) is 42.2 Å². The lowest BCUT2D eigenvalue weighted by molar-refractivity contribution is 0.615. The van der Waals surface area contributed by atoms with Gasteiger partial charge in [-0.25, -0.2) is 8.91 Å². The van der Waals surface area contributed by atoms with Gasteiger partial charge in [-0.2, -0.15) is 4.98 Å². The van der Waals surface area contributed by atoms with E-state index in [1.54, 1.807) is 6.07 Å². The first kappa shape index (κ1) is 8.64. The molecule has 2 heterocycles. The van der Waals surface area contributed by atoms with Crippen LogP contribution in [0.2, 0.25) is 0 Å². The summed E-state index contributed by atoms with van der Waals surface area (Å²) in [6.45, 7) is 0.916. The lowest BCUT2D eigenvalue weighted by Crippen LogP contribution is -2.04. The first-order valence-corrected chi connectivity index (χ1v) is 5.07. The smallest absolute Gasteiger partial charge is 0.243 e. The molecule has 1 aliphatic carbocycles. The lowest BCUT2D eigenvalue weighted by atomic mass is 10.4. The summed E-state index contributed by atoms with van der Waals surface area (Å²) in [5, 5.41) is 7.28. The number of hydrogen-bond donors (Lipinski definition) is 1. The van der Waals surface area contributed by atoms with Crippen LogP contribution in [0, 0.1) is 11.7 Å². The van der Waals surface area contributed by atoms with E-state index in [0.717, 1.165) is 12.5 Å². The molecule has 0 aliphatic heterocycles. The summed E-state index contributed by atoms with van der Waals surface area (Å²) < 4.78 is 14.3. The van der Waals surface area contributed by atoms with Crippen LogP contribution in [0.3, 0.4) is 0 Å². The highest BCUT2D eigenvalue weighted by molar-refractivity contribution is 5.43. The fourth-order valence-electron chi connectivity index (χ4n) is 1.49. The van der Waals surface area contributed by atoms with Crippen LogP contribution in [0.4, 0.5) is 10.3 Å². The molecule has 1 N–H and O–H groups in total. The van der Waals surface area contributed by atoms with Crippen molar-refractivity contribution in [2.24, 2.45) is 5.92 Å². The molecule has 5 heteroatoms. The molecule has 3 rings (SSSR count). The Hall–Kier alpha value is -1.65. The summed E-state index contributed by atoms with van der Waals surface area (Å²) in [7, 11) is 0. The van der Waals surface area contributed by atoms with Gasteiger partial charge in [0.1, 0.15) is 5.82 Å². The van der Waals surface area contributed by atoms with Gasteiger partial charge in [-0.05, 0) is 30.9 Å². The highest BCUT2D eigenvalue weighted by atomic mass is 19.1. The second kappa shape index (κ2) is 3.18. The molecule has 1 saturated carbocycles. The van der Waals surface area contributed by atoms with Gasteiger partial charge in [0, 0.05) is 6.54 Å². The number of hydrogen-bond acceptors (Lipinski definition) is 3. The quantitative estimate of drug-likeness (QED) is 0.831. The van der Waals surface area contributed by atoms with Crippen molar-refractivity contribution in [1.82, 2.24) is 14.6 Å². The molecule has 1 aliphatic rings. The third-order valence-electron chi connectivity index (χ3n) is 2.54. The zero-order chi connectivity index (χ0) is 10.3. The second-order valence-electron chi connectivity index (χ2n) is 3.91. The molecule has 4 nitrogen and oxygen atoms in total. The zero-order valence-corrected chi connectivity index (χ0v) is 8.15. The van der Waals surface area contributed by atoms with Crippen LogP contribution < -0.4 is 5.32 Å². The van der Waals surface area contributed by atoms with E-state index < -0.39 is 0 Å². The minimum Gasteiger partial charge on any atom is -0.353 e. The van der Waals surface area contributed by atoms with Crippen molar-refractivity contribution >= 4 is 11.6 Å². The summed E-state index contributed by atoms with van der Waals surface area (Å²) in [4.78, 5) is 4.23. The maximum Gasteiger partial charge on any atom is 0.243 e. The molecule has 0 spiro atoms. The third-order valence-corrected chi connectivity index (χ3v) is 2.54. The van der Waals surface area contributed by atoms with Crippen LogP contribution >= 0.6 is 0 Å². The average molecular weight is 206 g/mol. The van der Waals surface area contributed by atoms with E-state index in [2.05, 4.69) is 15.4 Å². The van der Waals surface area contributed by atoms with Crippen molar-refractivity contribution < 1.29 is 4.39 Å². The van der Waals surface area contributed by atoms with Crippen molar-refractivity contribution in [3.63, 3.8) is 0 Å². The Morgan fingerprint density at radius 2 is 2.33 bits per heavy atom. The van der Waals surface area contributed by atoms with Crippen LogP contribution in [0.1, 0.15) is 12.8 Å². The molecule has 78 valence electrons. The fraction of sp³-hybridized carbons (Fsp3) is 0.400. The number of aromatic nitrogens is 3. The van der Waals surface area contributed by atoms with E-state index in [1.807, 2.05) is 0 Å². The van der Waals surface area contributed by atoms with E-state index in [1.165, 1.54) is 29.6 Å². The van der Waals surface area contributed by atoms with E-state index in [9.17, 15) is 4.39 Å². The van der Waals surface area contributed by atoms with Crippen molar-refractivity contribution in [3.8, 4) is 0 Å². The molecule has 2 aromatic heterocycles. The van der Waals surface area contributed by atoms with Gasteiger partial charge in [0.15, 0.2) is 5.65 Å². The largest absolute Gasteiger partial charge is 0.353 e. The molecule has 0 atom stereocenters. The van der Waals surface area contributed by atoms with Gasteiger partial charge in [-0.3, -0.25) is 0 Å². The van der Waals surface area contributed by atoms with Crippen molar-refractivity contribution in [1.29, 1.82) is 0 Å². The predicted molar refractivity (Wildman–Crippen MR) is 54.2 cm³/mol. The molecular weight excluding hydrogens is 195 g/mol. The van der Waals surface area contributed by atoms with Crippen LogP contribution in [0.25, 0.3) is 5.65 Å². The summed E-state index contributed by atoms with van der Waals surface area (Å²) in [5.74, 6) is 1.04. The van der Waals surface area contributed by atoms with Crippen LogP contribution in [0.15, 0.2) is 18.3 Å². The first-order chi connectivity index (χ1) is 7.31. The van der Waals surface area contributed by atoms with Crippen LogP contribution in [-0.2, 0) is 0 Å². The molecular formula is C10H11FN4. The Labute approximate surface area is 86.1 Å². The number of pyridine rings is 1. The van der Waals surface area contributed by atoms with E-state index in [0.29, 0.717) is 11.6 Å². The predicted octanol–water partition coefficient (Wildman–Crippen LogP) is 1.69. The van der Waals surface area contributed by atoms with Crippen LogP contribution in [0.5, 0.6) is 0 Å². The zero-order valence-electron chi connectivity index (χ0n) is 8.15. The molecule has 0 aromatic carbocycles. The Bertz CT molecular complexity index is 489. The number of fused-ring (bicyclic) bond motifs is 1. The van der Waals surface area contributed by atoms with Crippen molar-refractivity contribution in [3.05, 3.63) is 24.1 Å². The number of nitrogens with one attached hydrogen (secondary N) is 1. The average Bonchev–Trinajstić information content (AvgIpc) is 2.95. The molecule has 0 unspecified atom stereocenters. The molecule has 15 heavy (non-hydrogen) atoms. The first-order valence-electron chi connectivity index (χ1n) is 5.07.